The molecule has 0 bridgehead atoms. The summed E-state index contributed by atoms with van der Waals surface area (Å²) in [6.45, 7) is 5.84. The molecule has 0 saturated carbocycles. The lowest BCUT2D eigenvalue weighted by molar-refractivity contribution is 0.144. The van der Waals surface area contributed by atoms with Gasteiger partial charge in [-0.3, -0.25) is 4.57 Å². The summed E-state index contributed by atoms with van der Waals surface area (Å²) in [5, 5.41) is 0. The summed E-state index contributed by atoms with van der Waals surface area (Å²) in [4.78, 5) is 0. The molecule has 0 saturated heterocycles. The Bertz CT molecular complexity index is 186. The van der Waals surface area contributed by atoms with E-state index in [2.05, 4.69) is 13.8 Å². The van der Waals surface area contributed by atoms with Gasteiger partial charge in [0.15, 0.2) is 0 Å². The fraction of sp³-hybridized carbons (Fsp3) is 1.00. The number of unbranched alkanes of at least 4 members (excludes halogenated alkanes) is 2. The Morgan fingerprint density at radius 3 is 1.93 bits per heavy atom. The molecule has 0 aromatic carbocycles. The SMILES string of the molecule is CCCCC(CCCC)OP(C)(=O)OC. The highest BCUT2D eigenvalue weighted by Crippen LogP contribution is 2.45. The molecule has 0 aliphatic heterocycles. The Kier molecular flexibility index (Phi) is 8.40. The van der Waals surface area contributed by atoms with Crippen LogP contribution in [-0.4, -0.2) is 19.9 Å². The summed E-state index contributed by atoms with van der Waals surface area (Å²) in [7, 11) is -1.37. The summed E-state index contributed by atoms with van der Waals surface area (Å²) >= 11 is 0. The van der Waals surface area contributed by atoms with Gasteiger partial charge in [0.2, 0.25) is 0 Å². The molecule has 0 aliphatic rings. The van der Waals surface area contributed by atoms with Crippen LogP contribution in [0.2, 0.25) is 0 Å². The van der Waals surface area contributed by atoms with Gasteiger partial charge in [0.05, 0.1) is 6.10 Å². The van der Waals surface area contributed by atoms with Crippen molar-refractivity contribution >= 4 is 7.60 Å². The number of hydrogen-bond acceptors (Lipinski definition) is 3. The van der Waals surface area contributed by atoms with Gasteiger partial charge in [-0.05, 0) is 12.8 Å². The van der Waals surface area contributed by atoms with Crippen LogP contribution in [0.1, 0.15) is 52.4 Å². The Hall–Kier alpha value is 0.150. The first-order valence-electron chi connectivity index (χ1n) is 5.87. The summed E-state index contributed by atoms with van der Waals surface area (Å²) in [6.07, 6.45) is 6.60. The maximum absolute atomic E-state index is 11.7. The van der Waals surface area contributed by atoms with Crippen LogP contribution in [0.25, 0.3) is 0 Å². The lowest BCUT2D eigenvalue weighted by atomic mass is 10.1. The van der Waals surface area contributed by atoms with E-state index in [0.717, 1.165) is 38.5 Å². The molecule has 0 N–H and O–H groups in total. The van der Waals surface area contributed by atoms with E-state index in [1.807, 2.05) is 0 Å². The molecule has 0 spiro atoms. The zero-order valence-corrected chi connectivity index (χ0v) is 11.4. The molecule has 0 heterocycles. The van der Waals surface area contributed by atoms with Gasteiger partial charge in [-0.25, -0.2) is 0 Å². The molecule has 92 valence electrons. The van der Waals surface area contributed by atoms with Crippen LogP contribution in [0.3, 0.4) is 0 Å². The molecule has 1 unspecified atom stereocenters. The minimum atomic E-state index is -2.81. The van der Waals surface area contributed by atoms with Crippen LogP contribution in [0, 0.1) is 0 Å². The average molecular weight is 236 g/mol. The Morgan fingerprint density at radius 2 is 1.60 bits per heavy atom. The third-order valence-corrected chi connectivity index (χ3v) is 3.78. The molecule has 3 nitrogen and oxygen atoms in total. The van der Waals surface area contributed by atoms with Gasteiger partial charge in [-0.1, -0.05) is 39.5 Å². The minimum absolute atomic E-state index is 0.0979. The van der Waals surface area contributed by atoms with E-state index in [-0.39, 0.29) is 6.10 Å². The molecule has 0 amide bonds. The first kappa shape index (κ1) is 15.2. The highest BCUT2D eigenvalue weighted by Gasteiger charge is 2.20. The van der Waals surface area contributed by atoms with E-state index < -0.39 is 7.60 Å². The first-order valence-corrected chi connectivity index (χ1v) is 7.86. The van der Waals surface area contributed by atoms with Crippen LogP contribution in [-0.2, 0) is 13.6 Å². The van der Waals surface area contributed by atoms with Crippen LogP contribution >= 0.6 is 7.60 Å². The van der Waals surface area contributed by atoms with Crippen LogP contribution in [0.4, 0.5) is 0 Å². The highest BCUT2D eigenvalue weighted by molar-refractivity contribution is 7.52. The van der Waals surface area contributed by atoms with Crippen molar-refractivity contribution in [3.63, 3.8) is 0 Å². The predicted octanol–water partition coefficient (Wildman–Crippen LogP) is 4.22. The highest BCUT2D eigenvalue weighted by atomic mass is 31.2. The molecule has 0 aromatic rings. The Morgan fingerprint density at radius 1 is 1.13 bits per heavy atom. The Balaban J connectivity index is 4.04. The van der Waals surface area contributed by atoms with E-state index >= 15 is 0 Å². The molecule has 4 heteroatoms. The smallest absolute Gasteiger partial charge is 0.312 e. The predicted molar refractivity (Wildman–Crippen MR) is 64.5 cm³/mol. The molecule has 15 heavy (non-hydrogen) atoms. The number of hydrogen-bond donors (Lipinski definition) is 0. The van der Waals surface area contributed by atoms with E-state index in [1.54, 1.807) is 0 Å². The van der Waals surface area contributed by atoms with Crippen molar-refractivity contribution in [2.75, 3.05) is 13.8 Å². The minimum Gasteiger partial charge on any atom is -0.312 e. The second-order valence-electron chi connectivity index (χ2n) is 3.97. The average Bonchev–Trinajstić information content (AvgIpc) is 2.22. The summed E-state index contributed by atoms with van der Waals surface area (Å²) < 4.78 is 22.1. The standard InChI is InChI=1S/C11H25O3P/c1-5-7-9-11(10-8-6-2)14-15(4,12)13-3/h11H,5-10H2,1-4H3. The molecule has 0 aliphatic carbocycles. The van der Waals surface area contributed by atoms with Gasteiger partial charge in [0, 0.05) is 13.8 Å². The second kappa shape index (κ2) is 8.32. The maximum Gasteiger partial charge on any atom is 0.327 e. The summed E-state index contributed by atoms with van der Waals surface area (Å²) in [6, 6.07) is 0. The van der Waals surface area contributed by atoms with E-state index in [4.69, 9.17) is 9.05 Å². The van der Waals surface area contributed by atoms with E-state index in [1.165, 1.54) is 13.8 Å². The molecule has 0 radical (unpaired) electrons. The molecular formula is C11H25O3P. The third-order valence-electron chi connectivity index (χ3n) is 2.43. The van der Waals surface area contributed by atoms with Crippen LogP contribution in [0.15, 0.2) is 0 Å². The van der Waals surface area contributed by atoms with Crippen molar-refractivity contribution in [1.82, 2.24) is 0 Å². The molecule has 0 fully saturated rings. The molecular weight excluding hydrogens is 211 g/mol. The second-order valence-corrected chi connectivity index (χ2v) is 6.08. The normalized spacial score (nSPS) is 15.5. The third kappa shape index (κ3) is 8.01. The van der Waals surface area contributed by atoms with Crippen molar-refractivity contribution < 1.29 is 13.6 Å². The molecule has 0 rings (SSSR count). The lowest BCUT2D eigenvalue weighted by Gasteiger charge is -2.21. The zero-order chi connectivity index (χ0) is 11.7. The Labute approximate surface area is 94.1 Å². The van der Waals surface area contributed by atoms with Crippen molar-refractivity contribution in [2.24, 2.45) is 0 Å². The summed E-state index contributed by atoms with van der Waals surface area (Å²) in [5.41, 5.74) is 0. The van der Waals surface area contributed by atoms with Gasteiger partial charge in [0.1, 0.15) is 0 Å². The van der Waals surface area contributed by atoms with Gasteiger partial charge in [-0.2, -0.15) is 0 Å². The largest absolute Gasteiger partial charge is 0.327 e. The monoisotopic (exact) mass is 236 g/mol. The fourth-order valence-corrected chi connectivity index (χ4v) is 2.27. The van der Waals surface area contributed by atoms with Crippen molar-refractivity contribution in [1.29, 1.82) is 0 Å². The first-order chi connectivity index (χ1) is 7.05. The zero-order valence-electron chi connectivity index (χ0n) is 10.5. The summed E-state index contributed by atoms with van der Waals surface area (Å²) in [5.74, 6) is 0. The van der Waals surface area contributed by atoms with E-state index in [0.29, 0.717) is 0 Å². The van der Waals surface area contributed by atoms with E-state index in [9.17, 15) is 4.57 Å². The van der Waals surface area contributed by atoms with Crippen molar-refractivity contribution in [2.45, 2.75) is 58.5 Å². The molecule has 0 aromatic heterocycles. The molecule has 1 atom stereocenters. The maximum atomic E-state index is 11.7. The van der Waals surface area contributed by atoms with Gasteiger partial charge < -0.3 is 9.05 Å². The quantitative estimate of drug-likeness (QED) is 0.562. The topological polar surface area (TPSA) is 35.5 Å². The van der Waals surface area contributed by atoms with Crippen molar-refractivity contribution in [3.8, 4) is 0 Å². The fourth-order valence-electron chi connectivity index (χ4n) is 1.43. The number of rotatable bonds is 9. The van der Waals surface area contributed by atoms with Gasteiger partial charge in [0.25, 0.3) is 0 Å². The van der Waals surface area contributed by atoms with Crippen LogP contribution in [0.5, 0.6) is 0 Å². The van der Waals surface area contributed by atoms with Crippen LogP contribution < -0.4 is 0 Å². The van der Waals surface area contributed by atoms with Gasteiger partial charge in [-0.15, -0.1) is 0 Å². The van der Waals surface area contributed by atoms with Crippen molar-refractivity contribution in [3.05, 3.63) is 0 Å². The van der Waals surface area contributed by atoms with Gasteiger partial charge >= 0.3 is 7.60 Å². The lowest BCUT2D eigenvalue weighted by Crippen LogP contribution is -2.11.